The van der Waals surface area contributed by atoms with Crippen molar-refractivity contribution in [3.63, 3.8) is 0 Å². The van der Waals surface area contributed by atoms with Crippen LogP contribution in [-0.2, 0) is 9.53 Å². The molecule has 5 heterocycles. The van der Waals surface area contributed by atoms with Gasteiger partial charge >= 0.3 is 5.97 Å². The SMILES string of the molecule is Cc1cccc(-c2nccc(Nc3ccnc(Nc4ccc(N5CCN(CC6CCC(=O)O6)CC5)cc4)n3)n2)n1. The number of carbonyl (C=O) groups excluding carboxylic acids is 1. The first-order valence-electron chi connectivity index (χ1n) is 13.5. The number of hydrogen-bond acceptors (Lipinski definition) is 11. The predicted molar refractivity (Wildman–Crippen MR) is 153 cm³/mol. The number of pyridine rings is 1. The Kier molecular flexibility index (Phi) is 7.45. The van der Waals surface area contributed by atoms with Gasteiger partial charge in [0.2, 0.25) is 5.95 Å². The van der Waals surface area contributed by atoms with Crippen LogP contribution in [0.3, 0.4) is 0 Å². The minimum absolute atomic E-state index is 0.0506. The molecule has 1 unspecified atom stereocenters. The molecule has 1 atom stereocenters. The zero-order valence-corrected chi connectivity index (χ0v) is 22.3. The van der Waals surface area contributed by atoms with Crippen LogP contribution in [0.1, 0.15) is 18.5 Å². The van der Waals surface area contributed by atoms with Gasteiger partial charge in [-0.1, -0.05) is 6.07 Å². The lowest BCUT2D eigenvalue weighted by Crippen LogP contribution is -2.48. The van der Waals surface area contributed by atoms with Crippen LogP contribution in [0.2, 0.25) is 0 Å². The summed E-state index contributed by atoms with van der Waals surface area (Å²) in [6, 6.07) is 17.6. The third kappa shape index (κ3) is 6.32. The van der Waals surface area contributed by atoms with Crippen molar-refractivity contribution in [3.8, 4) is 11.5 Å². The number of nitrogens with one attached hydrogen (secondary N) is 2. The number of nitrogens with zero attached hydrogens (tertiary/aromatic N) is 7. The van der Waals surface area contributed by atoms with Gasteiger partial charge in [0.05, 0.1) is 0 Å². The molecule has 3 aromatic heterocycles. The highest BCUT2D eigenvalue weighted by Crippen LogP contribution is 2.23. The first-order chi connectivity index (χ1) is 19.6. The molecule has 0 amide bonds. The third-order valence-corrected chi connectivity index (χ3v) is 6.98. The van der Waals surface area contributed by atoms with E-state index in [1.54, 1.807) is 24.5 Å². The molecule has 1 aromatic carbocycles. The molecule has 2 N–H and O–H groups in total. The fourth-order valence-electron chi connectivity index (χ4n) is 4.91. The Bertz CT molecular complexity index is 1470. The molecule has 2 aliphatic rings. The standard InChI is InChI=1S/C29H31N9O2/c1-20-3-2-4-24(32-20)28-30-13-11-25(35-28)34-26-12-14-31-29(36-26)33-21-5-7-22(8-6-21)38-17-15-37(16-18-38)19-23-9-10-27(39)40-23/h2-8,11-14,23H,9-10,15-19H2,1H3,(H2,30,31,33,34,35,36). The molecule has 4 aromatic rings. The lowest BCUT2D eigenvalue weighted by molar-refractivity contribution is -0.142. The zero-order valence-electron chi connectivity index (χ0n) is 22.3. The second kappa shape index (κ2) is 11.6. The van der Waals surface area contributed by atoms with Crippen molar-refractivity contribution >= 4 is 34.9 Å². The average molecular weight is 538 g/mol. The van der Waals surface area contributed by atoms with Crippen molar-refractivity contribution in [2.45, 2.75) is 25.9 Å². The molecule has 2 saturated heterocycles. The summed E-state index contributed by atoms with van der Waals surface area (Å²) in [5.41, 5.74) is 3.70. The number of anilines is 5. The summed E-state index contributed by atoms with van der Waals surface area (Å²) in [7, 11) is 0. The number of cyclic esters (lactones) is 1. The van der Waals surface area contributed by atoms with Crippen LogP contribution >= 0.6 is 0 Å². The van der Waals surface area contributed by atoms with Gasteiger partial charge in [0.25, 0.3) is 0 Å². The summed E-state index contributed by atoms with van der Waals surface area (Å²) in [4.78, 5) is 38.5. The third-order valence-electron chi connectivity index (χ3n) is 6.98. The number of piperazine rings is 1. The number of ether oxygens (including phenoxy) is 1. The Hall–Kier alpha value is -4.64. The van der Waals surface area contributed by atoms with Gasteiger partial charge in [-0.2, -0.15) is 4.98 Å². The highest BCUT2D eigenvalue weighted by molar-refractivity contribution is 5.71. The molecule has 6 rings (SSSR count). The summed E-state index contributed by atoms with van der Waals surface area (Å²) >= 11 is 0. The minimum Gasteiger partial charge on any atom is -0.461 e. The van der Waals surface area contributed by atoms with Crippen LogP contribution < -0.4 is 15.5 Å². The van der Waals surface area contributed by atoms with Crippen LogP contribution in [0.25, 0.3) is 11.5 Å². The van der Waals surface area contributed by atoms with Crippen LogP contribution in [0.5, 0.6) is 0 Å². The number of aromatic nitrogens is 5. The van der Waals surface area contributed by atoms with Crippen molar-refractivity contribution in [1.82, 2.24) is 29.8 Å². The second-order valence-electron chi connectivity index (χ2n) is 9.93. The topological polar surface area (TPSA) is 121 Å². The first-order valence-corrected chi connectivity index (χ1v) is 13.5. The molecule has 40 heavy (non-hydrogen) atoms. The van der Waals surface area contributed by atoms with E-state index in [0.717, 1.165) is 56.2 Å². The fourth-order valence-corrected chi connectivity index (χ4v) is 4.91. The van der Waals surface area contributed by atoms with Crippen molar-refractivity contribution in [3.05, 3.63) is 72.7 Å². The van der Waals surface area contributed by atoms with Gasteiger partial charge in [-0.05, 0) is 61.9 Å². The maximum atomic E-state index is 11.4. The largest absolute Gasteiger partial charge is 0.461 e. The van der Waals surface area contributed by atoms with Crippen molar-refractivity contribution in [2.24, 2.45) is 0 Å². The predicted octanol–water partition coefficient (Wildman–Crippen LogP) is 3.95. The van der Waals surface area contributed by atoms with Gasteiger partial charge in [0.1, 0.15) is 23.4 Å². The van der Waals surface area contributed by atoms with E-state index in [9.17, 15) is 4.79 Å². The van der Waals surface area contributed by atoms with Gasteiger partial charge in [0.15, 0.2) is 5.82 Å². The molecular formula is C29H31N9O2. The van der Waals surface area contributed by atoms with E-state index in [1.807, 2.05) is 37.3 Å². The Morgan fingerprint density at radius 2 is 1.65 bits per heavy atom. The molecule has 11 nitrogen and oxygen atoms in total. The van der Waals surface area contributed by atoms with Crippen LogP contribution in [0, 0.1) is 6.92 Å². The molecule has 11 heteroatoms. The van der Waals surface area contributed by atoms with Gasteiger partial charge in [-0.25, -0.2) is 19.9 Å². The molecule has 2 fully saturated rings. The Morgan fingerprint density at radius 1 is 0.875 bits per heavy atom. The van der Waals surface area contributed by atoms with Crippen LogP contribution in [-0.4, -0.2) is 74.6 Å². The lowest BCUT2D eigenvalue weighted by atomic mass is 10.2. The number of rotatable bonds is 8. The number of benzene rings is 1. The summed E-state index contributed by atoms with van der Waals surface area (Å²) in [6.45, 7) is 6.56. The molecule has 0 spiro atoms. The summed E-state index contributed by atoms with van der Waals surface area (Å²) in [5.74, 6) is 2.19. The normalized spacial score (nSPS) is 17.5. The quantitative estimate of drug-likeness (QED) is 0.318. The fraction of sp³-hybridized carbons (Fsp3) is 0.310. The van der Waals surface area contributed by atoms with Crippen LogP contribution in [0.4, 0.5) is 29.0 Å². The number of hydrogen-bond donors (Lipinski definition) is 2. The zero-order chi connectivity index (χ0) is 27.3. The summed E-state index contributed by atoms with van der Waals surface area (Å²) in [5, 5.41) is 6.51. The molecule has 0 saturated carbocycles. The molecule has 2 aliphatic heterocycles. The van der Waals surface area contributed by atoms with E-state index in [0.29, 0.717) is 29.8 Å². The van der Waals surface area contributed by atoms with Gasteiger partial charge in [-0.3, -0.25) is 9.69 Å². The smallest absolute Gasteiger partial charge is 0.306 e. The minimum atomic E-state index is -0.0678. The summed E-state index contributed by atoms with van der Waals surface area (Å²) in [6.07, 6.45) is 4.83. The van der Waals surface area contributed by atoms with Crippen molar-refractivity contribution in [2.75, 3.05) is 48.3 Å². The maximum Gasteiger partial charge on any atom is 0.306 e. The summed E-state index contributed by atoms with van der Waals surface area (Å²) < 4.78 is 5.38. The highest BCUT2D eigenvalue weighted by Gasteiger charge is 2.27. The van der Waals surface area contributed by atoms with E-state index in [4.69, 9.17) is 4.74 Å². The van der Waals surface area contributed by atoms with Crippen molar-refractivity contribution < 1.29 is 9.53 Å². The van der Waals surface area contributed by atoms with E-state index in [-0.39, 0.29) is 12.1 Å². The maximum absolute atomic E-state index is 11.4. The first kappa shape index (κ1) is 25.6. The Morgan fingerprint density at radius 3 is 2.40 bits per heavy atom. The average Bonchev–Trinajstić information content (AvgIpc) is 3.38. The monoisotopic (exact) mass is 537 g/mol. The van der Waals surface area contributed by atoms with E-state index in [2.05, 4.69) is 57.5 Å². The molecule has 0 bridgehead atoms. The molecule has 0 radical (unpaired) electrons. The van der Waals surface area contributed by atoms with E-state index >= 15 is 0 Å². The van der Waals surface area contributed by atoms with Crippen molar-refractivity contribution in [1.29, 1.82) is 0 Å². The van der Waals surface area contributed by atoms with E-state index < -0.39 is 0 Å². The van der Waals surface area contributed by atoms with Gasteiger partial charge in [-0.15, -0.1) is 0 Å². The van der Waals surface area contributed by atoms with Gasteiger partial charge < -0.3 is 20.3 Å². The molecular weight excluding hydrogens is 506 g/mol. The molecule has 204 valence electrons. The highest BCUT2D eigenvalue weighted by atomic mass is 16.5. The number of carbonyl (C=O) groups is 1. The Balaban J connectivity index is 1.04. The Labute approximate surface area is 232 Å². The lowest BCUT2D eigenvalue weighted by Gasteiger charge is -2.36. The number of aryl methyl sites for hydroxylation is 1. The van der Waals surface area contributed by atoms with Crippen LogP contribution in [0.15, 0.2) is 67.0 Å². The van der Waals surface area contributed by atoms with E-state index in [1.165, 1.54) is 5.69 Å². The number of esters is 1. The second-order valence-corrected chi connectivity index (χ2v) is 9.93. The van der Waals surface area contributed by atoms with Gasteiger partial charge in [0, 0.05) is 68.6 Å². The molecule has 0 aliphatic carbocycles.